The predicted molar refractivity (Wildman–Crippen MR) is 126 cm³/mol. The third-order valence-electron chi connectivity index (χ3n) is 7.33. The molecule has 1 atom stereocenters. The lowest BCUT2D eigenvalue weighted by Gasteiger charge is -2.35. The number of carbonyl (C=O) groups excluding carboxylic acids is 2. The number of cyclic esters (lactones) is 1. The quantitative estimate of drug-likeness (QED) is 0.323. The summed E-state index contributed by atoms with van der Waals surface area (Å²) in [6.07, 6.45) is -4.02. The van der Waals surface area contributed by atoms with Gasteiger partial charge in [0.15, 0.2) is 0 Å². The maximum atomic E-state index is 14.9. The van der Waals surface area contributed by atoms with Crippen molar-refractivity contribution in [3.05, 3.63) is 100 Å². The number of hydrogen-bond acceptors (Lipinski definition) is 4. The smallest absolute Gasteiger partial charge is 0.416 e. The Labute approximate surface area is 210 Å². The molecule has 1 saturated carbocycles. The average molecular weight is 513 g/mol. The average Bonchev–Trinajstić information content (AvgIpc) is 3.57. The number of halogens is 4. The van der Waals surface area contributed by atoms with Crippen molar-refractivity contribution in [2.24, 2.45) is 0 Å². The molecule has 1 fully saturated rings. The number of aliphatic hydroxyl groups is 1. The molecule has 1 aliphatic carbocycles. The van der Waals surface area contributed by atoms with Crippen LogP contribution in [-0.2, 0) is 33.1 Å². The van der Waals surface area contributed by atoms with E-state index >= 15 is 0 Å². The van der Waals surface area contributed by atoms with Crippen molar-refractivity contribution >= 4 is 17.6 Å². The molecule has 192 valence electrons. The second-order valence-electron chi connectivity index (χ2n) is 9.66. The van der Waals surface area contributed by atoms with Crippen molar-refractivity contribution in [1.29, 1.82) is 0 Å². The van der Waals surface area contributed by atoms with E-state index in [4.69, 9.17) is 4.74 Å². The van der Waals surface area contributed by atoms with Crippen LogP contribution in [0.15, 0.2) is 66.7 Å². The zero-order valence-corrected chi connectivity index (χ0v) is 19.6. The fourth-order valence-electron chi connectivity index (χ4n) is 5.13. The molecule has 0 bridgehead atoms. The van der Waals surface area contributed by atoms with Crippen LogP contribution in [0.4, 0.5) is 23.2 Å². The molecular weight excluding hydrogens is 490 g/mol. The molecule has 1 heterocycles. The number of carbonyl (C=O) groups is 2. The second kappa shape index (κ2) is 8.99. The molecule has 1 unspecified atom stereocenters. The number of amides is 1. The zero-order chi connectivity index (χ0) is 26.4. The Hall–Kier alpha value is -3.72. The highest BCUT2D eigenvalue weighted by Crippen LogP contribution is 2.57. The summed E-state index contributed by atoms with van der Waals surface area (Å²) >= 11 is 0. The van der Waals surface area contributed by atoms with Crippen molar-refractivity contribution in [2.45, 2.75) is 42.9 Å². The van der Waals surface area contributed by atoms with Gasteiger partial charge in [-0.3, -0.25) is 4.79 Å². The monoisotopic (exact) mass is 513 g/mol. The van der Waals surface area contributed by atoms with Gasteiger partial charge in [-0.25, -0.2) is 9.18 Å². The minimum Gasteiger partial charge on any atom is -0.457 e. The van der Waals surface area contributed by atoms with Crippen LogP contribution in [0.1, 0.15) is 51.9 Å². The standard InChI is InChI=1S/C28H23F4NO4/c29-23-9-6-19(28(30,31)32)13-22(23)26(10-11-26)15-27(16-34,18-4-2-1-3-5-18)25(36)33-20-7-8-21-17(12-20)14-37-24(21)35/h1-9,12-13,34H,10-11,14-16H2,(H,33,36). The van der Waals surface area contributed by atoms with Gasteiger partial charge in [0.05, 0.1) is 23.1 Å². The summed E-state index contributed by atoms with van der Waals surface area (Å²) < 4.78 is 60.1. The highest BCUT2D eigenvalue weighted by atomic mass is 19.4. The molecule has 5 nitrogen and oxygen atoms in total. The maximum Gasteiger partial charge on any atom is 0.416 e. The van der Waals surface area contributed by atoms with Crippen molar-refractivity contribution in [2.75, 3.05) is 11.9 Å². The van der Waals surface area contributed by atoms with E-state index in [0.29, 0.717) is 41.3 Å². The van der Waals surface area contributed by atoms with E-state index in [1.165, 1.54) is 12.1 Å². The first-order valence-electron chi connectivity index (χ1n) is 11.7. The van der Waals surface area contributed by atoms with E-state index in [1.54, 1.807) is 36.4 Å². The topological polar surface area (TPSA) is 75.6 Å². The minimum absolute atomic E-state index is 0.0691. The second-order valence-corrected chi connectivity index (χ2v) is 9.66. The third kappa shape index (κ3) is 4.48. The van der Waals surface area contributed by atoms with Gasteiger partial charge in [0, 0.05) is 11.3 Å². The summed E-state index contributed by atoms with van der Waals surface area (Å²) in [5.74, 6) is -1.83. The molecule has 1 aliphatic heterocycles. The first-order valence-corrected chi connectivity index (χ1v) is 11.7. The minimum atomic E-state index is -4.65. The van der Waals surface area contributed by atoms with Gasteiger partial charge in [-0.15, -0.1) is 0 Å². The number of ether oxygens (including phenoxy) is 1. The highest BCUT2D eigenvalue weighted by molar-refractivity contribution is 6.00. The molecule has 3 aromatic rings. The number of fused-ring (bicyclic) bond motifs is 1. The molecule has 0 saturated heterocycles. The van der Waals surface area contributed by atoms with Crippen LogP contribution in [-0.4, -0.2) is 23.6 Å². The highest BCUT2D eigenvalue weighted by Gasteiger charge is 2.55. The number of rotatable bonds is 7. The molecule has 0 aromatic heterocycles. The van der Waals surface area contributed by atoms with Crippen molar-refractivity contribution in [3.63, 3.8) is 0 Å². The molecular formula is C28H23F4NO4. The number of alkyl halides is 3. The largest absolute Gasteiger partial charge is 0.457 e. The van der Waals surface area contributed by atoms with E-state index in [0.717, 1.165) is 12.1 Å². The summed E-state index contributed by atoms with van der Waals surface area (Å²) in [5.41, 5.74) is -1.91. The summed E-state index contributed by atoms with van der Waals surface area (Å²) in [4.78, 5) is 25.6. The Kier molecular flexibility index (Phi) is 6.06. The van der Waals surface area contributed by atoms with Gasteiger partial charge in [-0.2, -0.15) is 13.2 Å². The third-order valence-corrected chi connectivity index (χ3v) is 7.33. The van der Waals surface area contributed by atoms with Crippen LogP contribution < -0.4 is 5.32 Å². The van der Waals surface area contributed by atoms with E-state index in [2.05, 4.69) is 5.32 Å². The van der Waals surface area contributed by atoms with Crippen molar-refractivity contribution < 1.29 is 37.0 Å². The van der Waals surface area contributed by atoms with Crippen molar-refractivity contribution in [1.82, 2.24) is 0 Å². The molecule has 37 heavy (non-hydrogen) atoms. The summed E-state index contributed by atoms with van der Waals surface area (Å²) in [6, 6.07) is 15.4. The lowest BCUT2D eigenvalue weighted by atomic mass is 9.70. The van der Waals surface area contributed by atoms with E-state index in [9.17, 15) is 32.3 Å². The first kappa shape index (κ1) is 25.0. The number of anilines is 1. The number of esters is 1. The Morgan fingerprint density at radius 3 is 2.38 bits per heavy atom. The van der Waals surface area contributed by atoms with Crippen LogP contribution >= 0.6 is 0 Å². The van der Waals surface area contributed by atoms with E-state index in [1.807, 2.05) is 0 Å². The summed E-state index contributed by atoms with van der Waals surface area (Å²) in [6.45, 7) is -0.586. The van der Waals surface area contributed by atoms with Gasteiger partial charge < -0.3 is 15.2 Å². The van der Waals surface area contributed by atoms with Gasteiger partial charge in [-0.1, -0.05) is 30.3 Å². The molecule has 3 aromatic carbocycles. The maximum absolute atomic E-state index is 14.9. The van der Waals surface area contributed by atoms with E-state index < -0.39 is 46.9 Å². The van der Waals surface area contributed by atoms with Crippen molar-refractivity contribution in [3.8, 4) is 0 Å². The van der Waals surface area contributed by atoms with Gasteiger partial charge in [0.1, 0.15) is 12.4 Å². The zero-order valence-electron chi connectivity index (χ0n) is 19.6. The normalized spacial score (nSPS) is 17.5. The van der Waals surface area contributed by atoms with Crippen LogP contribution in [0.2, 0.25) is 0 Å². The first-order chi connectivity index (χ1) is 17.6. The molecule has 5 rings (SSSR count). The van der Waals surface area contributed by atoms with Crippen LogP contribution in [0.5, 0.6) is 0 Å². The lowest BCUT2D eigenvalue weighted by Crippen LogP contribution is -2.46. The van der Waals surface area contributed by atoms with Gasteiger partial charge in [0.2, 0.25) is 5.91 Å². The molecule has 9 heteroatoms. The number of hydrogen-bond donors (Lipinski definition) is 2. The van der Waals surface area contributed by atoms with Crippen LogP contribution in [0, 0.1) is 5.82 Å². The molecule has 1 amide bonds. The Balaban J connectivity index is 1.53. The number of benzene rings is 3. The molecule has 0 radical (unpaired) electrons. The Morgan fingerprint density at radius 2 is 1.73 bits per heavy atom. The predicted octanol–water partition coefficient (Wildman–Crippen LogP) is 5.51. The van der Waals surface area contributed by atoms with Gasteiger partial charge in [0.25, 0.3) is 0 Å². The molecule has 2 aliphatic rings. The Morgan fingerprint density at radius 1 is 1.00 bits per heavy atom. The van der Waals surface area contributed by atoms with Crippen LogP contribution in [0.3, 0.4) is 0 Å². The summed E-state index contributed by atoms with van der Waals surface area (Å²) in [7, 11) is 0. The molecule has 0 spiro atoms. The fraction of sp³-hybridized carbons (Fsp3) is 0.286. The van der Waals surface area contributed by atoms with Gasteiger partial charge >= 0.3 is 12.1 Å². The number of nitrogens with one attached hydrogen (secondary N) is 1. The lowest BCUT2D eigenvalue weighted by molar-refractivity contribution is -0.137. The fourth-order valence-corrected chi connectivity index (χ4v) is 5.13. The van der Waals surface area contributed by atoms with Gasteiger partial charge in [-0.05, 0) is 72.2 Å². The summed E-state index contributed by atoms with van der Waals surface area (Å²) in [5, 5.41) is 13.4. The number of aliphatic hydroxyl groups excluding tert-OH is 1. The SMILES string of the molecule is O=C1OCc2cc(NC(=O)C(CO)(CC3(c4cc(C(F)(F)F)ccc4F)CC3)c3ccccc3)ccc21. The van der Waals surface area contributed by atoms with E-state index in [-0.39, 0.29) is 18.6 Å². The molecule has 2 N–H and O–H groups in total. The van der Waals surface area contributed by atoms with Crippen LogP contribution in [0.25, 0.3) is 0 Å². The Bertz CT molecular complexity index is 1370.